The van der Waals surface area contributed by atoms with Gasteiger partial charge < -0.3 is 5.32 Å². The molecule has 1 fully saturated rings. The van der Waals surface area contributed by atoms with Gasteiger partial charge in [0.15, 0.2) is 0 Å². The predicted molar refractivity (Wildman–Crippen MR) is 67.5 cm³/mol. The van der Waals surface area contributed by atoms with Gasteiger partial charge in [0.2, 0.25) is 0 Å². The number of hydrogen-bond donors (Lipinski definition) is 1. The van der Waals surface area contributed by atoms with E-state index in [9.17, 15) is 0 Å². The molecule has 1 saturated carbocycles. The molecule has 0 bridgehead atoms. The molecule has 0 atom stereocenters. The fraction of sp³-hybridized carbons (Fsp3) is 0.692. The first kappa shape index (κ1) is 11.2. The lowest BCUT2D eigenvalue weighted by Gasteiger charge is -2.28. The van der Waals surface area contributed by atoms with Crippen molar-refractivity contribution in [3.05, 3.63) is 22.4 Å². The van der Waals surface area contributed by atoms with Gasteiger partial charge in [-0.1, -0.05) is 25.8 Å². The van der Waals surface area contributed by atoms with E-state index < -0.39 is 0 Å². The Hall–Kier alpha value is -0.340. The van der Waals surface area contributed by atoms with Crippen LogP contribution in [0.25, 0.3) is 0 Å². The van der Waals surface area contributed by atoms with Crippen molar-refractivity contribution in [1.29, 1.82) is 0 Å². The fourth-order valence-corrected chi connectivity index (χ4v) is 3.59. The van der Waals surface area contributed by atoms with Crippen LogP contribution in [0.4, 0.5) is 0 Å². The average Bonchev–Trinajstić information content (AvgIpc) is 2.88. The van der Waals surface area contributed by atoms with Crippen molar-refractivity contribution in [2.75, 3.05) is 13.1 Å². The summed E-state index contributed by atoms with van der Waals surface area (Å²) in [6.07, 6.45) is 6.97. The topological polar surface area (TPSA) is 12.0 Å². The van der Waals surface area contributed by atoms with Gasteiger partial charge in [0.1, 0.15) is 0 Å². The Labute approximate surface area is 96.9 Å². The second-order valence-electron chi connectivity index (χ2n) is 4.74. The normalized spacial score (nSPS) is 19.5. The van der Waals surface area contributed by atoms with Crippen molar-refractivity contribution in [3.63, 3.8) is 0 Å². The molecule has 2 heteroatoms. The van der Waals surface area contributed by atoms with Crippen LogP contribution in [0, 0.1) is 5.41 Å². The number of hydrogen-bond acceptors (Lipinski definition) is 2. The van der Waals surface area contributed by atoms with E-state index in [-0.39, 0.29) is 0 Å². The maximum Gasteiger partial charge on any atom is 0.00512 e. The zero-order valence-corrected chi connectivity index (χ0v) is 10.4. The fourth-order valence-electron chi connectivity index (χ4n) is 2.71. The molecule has 0 aliphatic heterocycles. The van der Waals surface area contributed by atoms with Crippen molar-refractivity contribution >= 4 is 11.3 Å². The van der Waals surface area contributed by atoms with Crippen molar-refractivity contribution in [2.24, 2.45) is 5.41 Å². The summed E-state index contributed by atoms with van der Waals surface area (Å²) in [4.78, 5) is 1.56. The Balaban J connectivity index is 1.99. The molecule has 84 valence electrons. The minimum Gasteiger partial charge on any atom is -0.316 e. The van der Waals surface area contributed by atoms with Crippen LogP contribution >= 0.6 is 11.3 Å². The molecule has 0 radical (unpaired) electrons. The van der Waals surface area contributed by atoms with Crippen molar-refractivity contribution in [1.82, 2.24) is 5.32 Å². The summed E-state index contributed by atoms with van der Waals surface area (Å²) < 4.78 is 0. The molecule has 1 aromatic heterocycles. The summed E-state index contributed by atoms with van der Waals surface area (Å²) in [5.74, 6) is 0. The Morgan fingerprint density at radius 3 is 2.80 bits per heavy atom. The van der Waals surface area contributed by atoms with Gasteiger partial charge in [-0.25, -0.2) is 0 Å². The van der Waals surface area contributed by atoms with Crippen LogP contribution in [0.15, 0.2) is 17.5 Å². The van der Waals surface area contributed by atoms with Gasteiger partial charge in [0.05, 0.1) is 0 Å². The smallest absolute Gasteiger partial charge is 0.00512 e. The van der Waals surface area contributed by atoms with Gasteiger partial charge in [0.25, 0.3) is 0 Å². The lowest BCUT2D eigenvalue weighted by atomic mass is 9.82. The van der Waals surface area contributed by atoms with E-state index >= 15 is 0 Å². The third-order valence-electron chi connectivity index (χ3n) is 3.54. The quantitative estimate of drug-likeness (QED) is 0.806. The first-order valence-corrected chi connectivity index (χ1v) is 6.96. The van der Waals surface area contributed by atoms with Crippen LogP contribution in [-0.4, -0.2) is 13.1 Å². The van der Waals surface area contributed by atoms with Crippen molar-refractivity contribution in [2.45, 2.75) is 39.0 Å². The molecule has 0 spiro atoms. The molecule has 0 amide bonds. The first-order valence-electron chi connectivity index (χ1n) is 6.08. The summed E-state index contributed by atoms with van der Waals surface area (Å²) in [6, 6.07) is 4.46. The van der Waals surface area contributed by atoms with E-state index in [1.807, 2.05) is 11.3 Å². The molecular weight excluding hydrogens is 202 g/mol. The minimum absolute atomic E-state index is 0.570. The SMILES string of the molecule is CCNCC1(Cc2cccs2)CCCC1. The van der Waals surface area contributed by atoms with Gasteiger partial charge in [0, 0.05) is 11.4 Å². The maximum absolute atomic E-state index is 3.55. The van der Waals surface area contributed by atoms with E-state index in [4.69, 9.17) is 0 Å². The second-order valence-corrected chi connectivity index (χ2v) is 5.78. The van der Waals surface area contributed by atoms with Crippen LogP contribution in [0.2, 0.25) is 0 Å². The Kier molecular flexibility index (Phi) is 3.81. The maximum atomic E-state index is 3.55. The molecule has 1 nitrogen and oxygen atoms in total. The van der Waals surface area contributed by atoms with Crippen LogP contribution < -0.4 is 5.32 Å². The molecule has 1 aromatic rings. The van der Waals surface area contributed by atoms with Crippen LogP contribution in [-0.2, 0) is 6.42 Å². The van der Waals surface area contributed by atoms with Crippen LogP contribution in [0.1, 0.15) is 37.5 Å². The molecule has 2 rings (SSSR count). The third kappa shape index (κ3) is 2.82. The average molecular weight is 223 g/mol. The van der Waals surface area contributed by atoms with Gasteiger partial charge in [-0.2, -0.15) is 0 Å². The standard InChI is InChI=1S/C13H21NS/c1-2-14-11-13(7-3-4-8-13)10-12-6-5-9-15-12/h5-6,9,14H,2-4,7-8,10-11H2,1H3. The van der Waals surface area contributed by atoms with E-state index in [1.54, 1.807) is 4.88 Å². The van der Waals surface area contributed by atoms with E-state index in [1.165, 1.54) is 38.6 Å². The highest BCUT2D eigenvalue weighted by molar-refractivity contribution is 7.09. The highest BCUT2D eigenvalue weighted by Gasteiger charge is 2.33. The van der Waals surface area contributed by atoms with E-state index in [2.05, 4.69) is 29.8 Å². The largest absolute Gasteiger partial charge is 0.316 e. The molecule has 0 unspecified atom stereocenters. The monoisotopic (exact) mass is 223 g/mol. The van der Waals surface area contributed by atoms with Gasteiger partial charge in [-0.3, -0.25) is 0 Å². The Bertz CT molecular complexity index is 273. The van der Waals surface area contributed by atoms with Crippen molar-refractivity contribution < 1.29 is 0 Å². The second kappa shape index (κ2) is 5.13. The molecule has 1 N–H and O–H groups in total. The molecular formula is C13H21NS. The van der Waals surface area contributed by atoms with Crippen molar-refractivity contribution in [3.8, 4) is 0 Å². The van der Waals surface area contributed by atoms with E-state index in [0.717, 1.165) is 6.54 Å². The van der Waals surface area contributed by atoms with Crippen LogP contribution in [0.3, 0.4) is 0 Å². The lowest BCUT2D eigenvalue weighted by molar-refractivity contribution is 0.282. The van der Waals surface area contributed by atoms with Crippen LogP contribution in [0.5, 0.6) is 0 Å². The molecule has 0 saturated heterocycles. The van der Waals surface area contributed by atoms with Gasteiger partial charge in [-0.05, 0) is 42.7 Å². The molecule has 1 aliphatic rings. The summed E-state index contributed by atoms with van der Waals surface area (Å²) >= 11 is 1.91. The zero-order chi connectivity index (χ0) is 10.6. The molecule has 1 aliphatic carbocycles. The third-order valence-corrected chi connectivity index (χ3v) is 4.42. The Morgan fingerprint density at radius 1 is 1.40 bits per heavy atom. The van der Waals surface area contributed by atoms with Gasteiger partial charge >= 0.3 is 0 Å². The number of rotatable bonds is 5. The highest BCUT2D eigenvalue weighted by Crippen LogP contribution is 2.41. The highest BCUT2D eigenvalue weighted by atomic mass is 32.1. The number of nitrogens with one attached hydrogen (secondary N) is 1. The Morgan fingerprint density at radius 2 is 2.20 bits per heavy atom. The molecule has 0 aromatic carbocycles. The van der Waals surface area contributed by atoms with E-state index in [0.29, 0.717) is 5.41 Å². The summed E-state index contributed by atoms with van der Waals surface area (Å²) in [7, 11) is 0. The molecule has 1 heterocycles. The number of thiophene rings is 1. The van der Waals surface area contributed by atoms with Gasteiger partial charge in [-0.15, -0.1) is 11.3 Å². The summed E-state index contributed by atoms with van der Waals surface area (Å²) in [5.41, 5.74) is 0.570. The minimum atomic E-state index is 0.570. The summed E-state index contributed by atoms with van der Waals surface area (Å²) in [6.45, 7) is 4.52. The zero-order valence-electron chi connectivity index (χ0n) is 9.59. The lowest BCUT2D eigenvalue weighted by Crippen LogP contribution is -2.33. The summed E-state index contributed by atoms with van der Waals surface area (Å²) in [5, 5.41) is 5.75. The molecule has 15 heavy (non-hydrogen) atoms. The predicted octanol–water partition coefficient (Wildman–Crippen LogP) is 3.46. The first-order chi connectivity index (χ1) is 7.35.